The van der Waals surface area contributed by atoms with Gasteiger partial charge in [0, 0.05) is 31.9 Å². The second kappa shape index (κ2) is 9.11. The number of carboxylic acid groups (broad SMARTS) is 1. The van der Waals surface area contributed by atoms with E-state index in [9.17, 15) is 22.8 Å². The number of carbonyl (C=O) groups excluding carboxylic acids is 1. The molecule has 1 aromatic carbocycles. The largest absolute Gasteiger partial charge is 0.465 e. The van der Waals surface area contributed by atoms with Gasteiger partial charge in [-0.15, -0.1) is 0 Å². The number of alkyl halides is 3. The molecule has 0 saturated carbocycles. The molecule has 0 unspecified atom stereocenters. The third kappa shape index (κ3) is 7.75. The minimum Gasteiger partial charge on any atom is -0.465 e. The zero-order chi connectivity index (χ0) is 19.0. The first-order valence-electron chi connectivity index (χ1n) is 7.44. The van der Waals surface area contributed by atoms with Crippen molar-refractivity contribution in [3.8, 4) is 0 Å². The van der Waals surface area contributed by atoms with E-state index >= 15 is 0 Å². The highest BCUT2D eigenvalue weighted by molar-refractivity contribution is 5.89. The highest BCUT2D eigenvalue weighted by Gasteiger charge is 2.30. The summed E-state index contributed by atoms with van der Waals surface area (Å²) in [5, 5.41) is 13.3. The lowest BCUT2D eigenvalue weighted by Crippen LogP contribution is -2.43. The van der Waals surface area contributed by atoms with E-state index in [0.717, 1.165) is 12.1 Å². The maximum Gasteiger partial charge on any atom is 0.416 e. The van der Waals surface area contributed by atoms with E-state index in [2.05, 4.69) is 10.6 Å². The minimum atomic E-state index is -4.44. The molecule has 0 aliphatic carbocycles. The van der Waals surface area contributed by atoms with E-state index in [-0.39, 0.29) is 18.8 Å². The number of urea groups is 1. The lowest BCUT2D eigenvalue weighted by atomic mass is 10.2. The Kier molecular flexibility index (Phi) is 7.49. The summed E-state index contributed by atoms with van der Waals surface area (Å²) in [6.07, 6.45) is -5.64. The summed E-state index contributed by atoms with van der Waals surface area (Å²) in [4.78, 5) is 26.0. The summed E-state index contributed by atoms with van der Waals surface area (Å²) >= 11 is 0. The maximum atomic E-state index is 12.5. The van der Waals surface area contributed by atoms with Crippen molar-refractivity contribution in [2.45, 2.75) is 6.18 Å². The van der Waals surface area contributed by atoms with Crippen molar-refractivity contribution in [1.82, 2.24) is 15.1 Å². The molecule has 25 heavy (non-hydrogen) atoms. The molecule has 0 heterocycles. The van der Waals surface area contributed by atoms with E-state index in [1.807, 2.05) is 19.0 Å². The van der Waals surface area contributed by atoms with Crippen molar-refractivity contribution in [1.29, 1.82) is 0 Å². The number of hydrogen-bond donors (Lipinski definition) is 3. The van der Waals surface area contributed by atoms with Gasteiger partial charge in [-0.05, 0) is 38.4 Å². The van der Waals surface area contributed by atoms with Crippen LogP contribution >= 0.6 is 0 Å². The minimum absolute atomic E-state index is 0.0448. The Morgan fingerprint density at radius 2 is 1.68 bits per heavy atom. The van der Waals surface area contributed by atoms with E-state index in [0.29, 0.717) is 13.1 Å². The molecular formula is C15H21F3N4O3. The van der Waals surface area contributed by atoms with E-state index in [1.54, 1.807) is 0 Å². The smallest absolute Gasteiger partial charge is 0.416 e. The Balaban J connectivity index is 2.70. The van der Waals surface area contributed by atoms with E-state index in [1.165, 1.54) is 17.0 Å². The topological polar surface area (TPSA) is 84.9 Å². The van der Waals surface area contributed by atoms with Gasteiger partial charge in [0.15, 0.2) is 0 Å². The summed E-state index contributed by atoms with van der Waals surface area (Å²) in [5.41, 5.74) is -0.584. The predicted octanol–water partition coefficient (Wildman–Crippen LogP) is 2.37. The predicted molar refractivity (Wildman–Crippen MR) is 86.6 cm³/mol. The monoisotopic (exact) mass is 362 g/mol. The number of amides is 3. The van der Waals surface area contributed by atoms with Crippen molar-refractivity contribution in [2.75, 3.05) is 45.6 Å². The molecule has 140 valence electrons. The van der Waals surface area contributed by atoms with Crippen LogP contribution in [0.15, 0.2) is 24.3 Å². The number of hydrogen-bond acceptors (Lipinski definition) is 3. The fourth-order valence-corrected chi connectivity index (χ4v) is 1.88. The molecule has 0 aromatic heterocycles. The highest BCUT2D eigenvalue weighted by atomic mass is 19.4. The van der Waals surface area contributed by atoms with Gasteiger partial charge in [-0.1, -0.05) is 0 Å². The molecule has 7 nitrogen and oxygen atoms in total. The molecule has 1 aromatic rings. The van der Waals surface area contributed by atoms with Crippen LogP contribution in [0.5, 0.6) is 0 Å². The van der Waals surface area contributed by atoms with Gasteiger partial charge in [-0.3, -0.25) is 0 Å². The number of likely N-dealkylation sites (N-methyl/N-ethyl adjacent to an activating group) is 1. The van der Waals surface area contributed by atoms with E-state index in [4.69, 9.17) is 5.11 Å². The zero-order valence-electron chi connectivity index (χ0n) is 13.9. The highest BCUT2D eigenvalue weighted by Crippen LogP contribution is 2.29. The molecule has 0 atom stereocenters. The first-order chi connectivity index (χ1) is 11.6. The van der Waals surface area contributed by atoms with Gasteiger partial charge in [0.1, 0.15) is 0 Å². The van der Waals surface area contributed by atoms with Gasteiger partial charge in [-0.25, -0.2) is 9.59 Å². The molecule has 0 spiro atoms. The van der Waals surface area contributed by atoms with Gasteiger partial charge in [0.25, 0.3) is 0 Å². The van der Waals surface area contributed by atoms with E-state index < -0.39 is 23.9 Å². The van der Waals surface area contributed by atoms with Crippen molar-refractivity contribution >= 4 is 17.8 Å². The summed E-state index contributed by atoms with van der Waals surface area (Å²) in [7, 11) is 3.64. The number of nitrogens with zero attached hydrogens (tertiary/aromatic N) is 2. The lowest BCUT2D eigenvalue weighted by molar-refractivity contribution is -0.137. The molecule has 3 amide bonds. The SMILES string of the molecule is CN(C)CCN(CCNC(=O)O)C(=O)Nc1ccc(C(F)(F)F)cc1. The Morgan fingerprint density at radius 1 is 1.08 bits per heavy atom. The Morgan fingerprint density at radius 3 is 2.16 bits per heavy atom. The molecule has 1 rings (SSSR count). The second-order valence-corrected chi connectivity index (χ2v) is 5.53. The van der Waals surface area contributed by atoms with Crippen molar-refractivity contribution < 1.29 is 27.9 Å². The van der Waals surface area contributed by atoms with Crippen molar-refractivity contribution in [3.63, 3.8) is 0 Å². The Labute approximate surface area is 143 Å². The van der Waals surface area contributed by atoms with Crippen LogP contribution < -0.4 is 10.6 Å². The number of carbonyl (C=O) groups is 2. The molecule has 0 saturated heterocycles. The van der Waals surface area contributed by atoms with Crippen molar-refractivity contribution in [2.24, 2.45) is 0 Å². The van der Waals surface area contributed by atoms with Crippen LogP contribution in [-0.2, 0) is 6.18 Å². The lowest BCUT2D eigenvalue weighted by Gasteiger charge is -2.24. The molecular weight excluding hydrogens is 341 g/mol. The van der Waals surface area contributed by atoms with Gasteiger partial charge in [-0.2, -0.15) is 13.2 Å². The van der Waals surface area contributed by atoms with Crippen LogP contribution in [0, 0.1) is 0 Å². The maximum absolute atomic E-state index is 12.5. The summed E-state index contributed by atoms with van der Waals surface area (Å²) < 4.78 is 37.6. The molecule has 0 bridgehead atoms. The summed E-state index contributed by atoms with van der Waals surface area (Å²) in [5.74, 6) is 0. The molecule has 0 radical (unpaired) electrons. The molecule has 0 fully saturated rings. The van der Waals surface area contributed by atoms with Crippen LogP contribution in [-0.4, -0.2) is 67.3 Å². The number of benzene rings is 1. The van der Waals surface area contributed by atoms with Crippen LogP contribution in [0.3, 0.4) is 0 Å². The third-order valence-electron chi connectivity index (χ3n) is 3.23. The van der Waals surface area contributed by atoms with Gasteiger partial charge >= 0.3 is 18.3 Å². The first-order valence-corrected chi connectivity index (χ1v) is 7.44. The average Bonchev–Trinajstić information content (AvgIpc) is 2.49. The van der Waals surface area contributed by atoms with Gasteiger partial charge in [0.05, 0.1) is 5.56 Å². The summed E-state index contributed by atoms with van der Waals surface area (Å²) in [6, 6.07) is 3.58. The van der Waals surface area contributed by atoms with Crippen LogP contribution in [0.2, 0.25) is 0 Å². The van der Waals surface area contributed by atoms with Crippen LogP contribution in [0.4, 0.5) is 28.4 Å². The van der Waals surface area contributed by atoms with Crippen molar-refractivity contribution in [3.05, 3.63) is 29.8 Å². The van der Waals surface area contributed by atoms with Gasteiger partial charge in [0.2, 0.25) is 0 Å². The third-order valence-corrected chi connectivity index (χ3v) is 3.23. The number of halogens is 3. The molecule has 10 heteroatoms. The molecule has 0 aliphatic rings. The van der Waals surface area contributed by atoms with Crippen LogP contribution in [0.25, 0.3) is 0 Å². The fraction of sp³-hybridized carbons (Fsp3) is 0.467. The van der Waals surface area contributed by atoms with Gasteiger partial charge < -0.3 is 25.5 Å². The fourth-order valence-electron chi connectivity index (χ4n) is 1.88. The average molecular weight is 362 g/mol. The Bertz CT molecular complexity index is 576. The number of rotatable bonds is 7. The summed E-state index contributed by atoms with van der Waals surface area (Å²) in [6.45, 7) is 1.06. The molecule has 3 N–H and O–H groups in total. The molecule has 0 aliphatic heterocycles. The number of nitrogens with one attached hydrogen (secondary N) is 2. The second-order valence-electron chi connectivity index (χ2n) is 5.53. The zero-order valence-corrected chi connectivity index (χ0v) is 13.9. The van der Waals surface area contributed by atoms with Crippen LogP contribution in [0.1, 0.15) is 5.56 Å². The standard InChI is InChI=1S/C15H21F3N4O3/c1-21(2)9-10-22(8-7-19-14(24)25)13(23)20-12-5-3-11(4-6-12)15(16,17)18/h3-6,19H,7-10H2,1-2H3,(H,20,23)(H,24,25). The normalized spacial score (nSPS) is 11.3. The Hall–Kier alpha value is -2.49. The quantitative estimate of drug-likeness (QED) is 0.695. The number of anilines is 1. The first kappa shape index (κ1) is 20.6.